The standard InChI is InChI=1S/C19H17Cl2N3O3S2/c1-24(2)29(26,27)15-6-7-17(21)16(10-15)18(25)23-19-22-11-14(28-19)9-12-4-3-5-13(20)8-12/h3-8,10-11H,9H2,1-2H3,(H,22,23,25). The minimum absolute atomic E-state index is 0.0159. The first-order chi connectivity index (χ1) is 13.7. The number of amides is 1. The SMILES string of the molecule is CN(C)S(=O)(=O)c1ccc(Cl)c(C(=O)Nc2ncc(Cc3cccc(Cl)c3)s2)c1. The number of nitrogens with zero attached hydrogens (tertiary/aromatic N) is 2. The quantitative estimate of drug-likeness (QED) is 0.574. The number of halogens is 2. The normalized spacial score (nSPS) is 11.6. The Morgan fingerprint density at radius 1 is 1.17 bits per heavy atom. The lowest BCUT2D eigenvalue weighted by molar-refractivity contribution is 0.102. The number of rotatable bonds is 6. The summed E-state index contributed by atoms with van der Waals surface area (Å²) in [5, 5.41) is 3.87. The predicted molar refractivity (Wildman–Crippen MR) is 117 cm³/mol. The molecular formula is C19H17Cl2N3O3S2. The Hall–Kier alpha value is -1.97. The molecule has 0 bridgehead atoms. The van der Waals surface area contributed by atoms with Crippen molar-refractivity contribution in [3.63, 3.8) is 0 Å². The van der Waals surface area contributed by atoms with Gasteiger partial charge in [-0.25, -0.2) is 17.7 Å². The van der Waals surface area contributed by atoms with E-state index in [9.17, 15) is 13.2 Å². The summed E-state index contributed by atoms with van der Waals surface area (Å²) in [4.78, 5) is 17.8. The second kappa shape index (κ2) is 8.81. The van der Waals surface area contributed by atoms with Gasteiger partial charge in [0.05, 0.1) is 15.5 Å². The number of hydrogen-bond donors (Lipinski definition) is 1. The predicted octanol–water partition coefficient (Wildman–Crippen LogP) is 4.54. The monoisotopic (exact) mass is 469 g/mol. The summed E-state index contributed by atoms with van der Waals surface area (Å²) in [6.07, 6.45) is 2.31. The van der Waals surface area contributed by atoms with Crippen LogP contribution in [0.15, 0.2) is 53.6 Å². The third-order valence-corrected chi connectivity index (χ3v) is 7.29. The summed E-state index contributed by atoms with van der Waals surface area (Å²) in [6, 6.07) is 11.5. The highest BCUT2D eigenvalue weighted by Gasteiger charge is 2.21. The zero-order valence-electron chi connectivity index (χ0n) is 15.5. The maximum absolute atomic E-state index is 12.6. The minimum Gasteiger partial charge on any atom is -0.298 e. The van der Waals surface area contributed by atoms with Gasteiger partial charge in [0, 0.05) is 36.6 Å². The summed E-state index contributed by atoms with van der Waals surface area (Å²) < 4.78 is 25.7. The van der Waals surface area contributed by atoms with E-state index in [0.717, 1.165) is 14.7 Å². The minimum atomic E-state index is -3.69. The molecule has 2 aromatic carbocycles. The topological polar surface area (TPSA) is 79.4 Å². The van der Waals surface area contributed by atoms with Gasteiger partial charge in [0.2, 0.25) is 10.0 Å². The second-order valence-corrected chi connectivity index (χ2v) is 10.4. The van der Waals surface area contributed by atoms with Gasteiger partial charge in [-0.3, -0.25) is 10.1 Å². The molecule has 0 saturated heterocycles. The van der Waals surface area contributed by atoms with Crippen LogP contribution in [0.2, 0.25) is 10.0 Å². The smallest absolute Gasteiger partial charge is 0.259 e. The van der Waals surface area contributed by atoms with Crippen molar-refractivity contribution >= 4 is 55.6 Å². The van der Waals surface area contributed by atoms with E-state index in [4.69, 9.17) is 23.2 Å². The Kier molecular flexibility index (Phi) is 6.60. The van der Waals surface area contributed by atoms with Crippen LogP contribution in [-0.4, -0.2) is 37.7 Å². The lowest BCUT2D eigenvalue weighted by Crippen LogP contribution is -2.23. The fourth-order valence-corrected chi connectivity index (χ4v) is 4.70. The average molecular weight is 470 g/mol. The molecule has 152 valence electrons. The van der Waals surface area contributed by atoms with Crippen LogP contribution in [0.3, 0.4) is 0 Å². The van der Waals surface area contributed by atoms with Crippen molar-refractivity contribution < 1.29 is 13.2 Å². The van der Waals surface area contributed by atoms with Crippen molar-refractivity contribution in [2.75, 3.05) is 19.4 Å². The van der Waals surface area contributed by atoms with Gasteiger partial charge in [0.15, 0.2) is 5.13 Å². The third-order valence-electron chi connectivity index (χ3n) is 4.00. The number of anilines is 1. The molecule has 29 heavy (non-hydrogen) atoms. The summed E-state index contributed by atoms with van der Waals surface area (Å²) in [6.45, 7) is 0. The van der Waals surface area contributed by atoms with E-state index in [2.05, 4.69) is 10.3 Å². The molecule has 0 fully saturated rings. The Balaban J connectivity index is 1.78. The molecule has 6 nitrogen and oxygen atoms in total. The van der Waals surface area contributed by atoms with Crippen LogP contribution < -0.4 is 5.32 Å². The van der Waals surface area contributed by atoms with Crippen LogP contribution in [0.1, 0.15) is 20.8 Å². The van der Waals surface area contributed by atoms with Gasteiger partial charge in [-0.05, 0) is 35.9 Å². The molecular weight excluding hydrogens is 453 g/mol. The van der Waals surface area contributed by atoms with Crippen LogP contribution in [-0.2, 0) is 16.4 Å². The number of nitrogens with one attached hydrogen (secondary N) is 1. The van der Waals surface area contributed by atoms with Gasteiger partial charge in [0.1, 0.15) is 0 Å². The molecule has 0 radical (unpaired) electrons. The third kappa shape index (κ3) is 5.15. The number of carbonyl (C=O) groups is 1. The molecule has 0 atom stereocenters. The molecule has 10 heteroatoms. The van der Waals surface area contributed by atoms with E-state index >= 15 is 0 Å². The molecule has 0 aliphatic heterocycles. The van der Waals surface area contributed by atoms with Gasteiger partial charge in [0.25, 0.3) is 5.91 Å². The lowest BCUT2D eigenvalue weighted by atomic mass is 10.1. The Bertz CT molecular complexity index is 1160. The van der Waals surface area contributed by atoms with E-state index in [1.54, 1.807) is 12.3 Å². The Morgan fingerprint density at radius 2 is 1.93 bits per heavy atom. The number of hydrogen-bond acceptors (Lipinski definition) is 5. The molecule has 0 aliphatic rings. The lowest BCUT2D eigenvalue weighted by Gasteiger charge is -2.13. The van der Waals surface area contributed by atoms with E-state index in [0.29, 0.717) is 16.6 Å². The van der Waals surface area contributed by atoms with Gasteiger partial charge >= 0.3 is 0 Å². The number of aromatic nitrogens is 1. The molecule has 1 heterocycles. The maximum atomic E-state index is 12.6. The number of carbonyl (C=O) groups excluding carboxylic acids is 1. The molecule has 1 amide bonds. The highest BCUT2D eigenvalue weighted by atomic mass is 35.5. The first-order valence-corrected chi connectivity index (χ1v) is 11.4. The maximum Gasteiger partial charge on any atom is 0.259 e. The van der Waals surface area contributed by atoms with Crippen molar-refractivity contribution in [1.29, 1.82) is 0 Å². The van der Waals surface area contributed by atoms with Gasteiger partial charge < -0.3 is 0 Å². The molecule has 0 unspecified atom stereocenters. The molecule has 3 rings (SSSR count). The largest absolute Gasteiger partial charge is 0.298 e. The average Bonchev–Trinajstić information content (AvgIpc) is 3.08. The summed E-state index contributed by atoms with van der Waals surface area (Å²) in [5.74, 6) is -0.533. The molecule has 0 saturated carbocycles. The van der Waals surface area contributed by atoms with Crippen molar-refractivity contribution in [1.82, 2.24) is 9.29 Å². The first kappa shape index (κ1) is 21.7. The van der Waals surface area contributed by atoms with E-state index in [1.807, 2.05) is 18.2 Å². The highest BCUT2D eigenvalue weighted by Crippen LogP contribution is 2.26. The van der Waals surface area contributed by atoms with Crippen molar-refractivity contribution in [2.45, 2.75) is 11.3 Å². The van der Waals surface area contributed by atoms with E-state index in [-0.39, 0.29) is 15.5 Å². The van der Waals surface area contributed by atoms with Gasteiger partial charge in [-0.15, -0.1) is 11.3 Å². The molecule has 0 spiro atoms. The van der Waals surface area contributed by atoms with Crippen LogP contribution in [0.5, 0.6) is 0 Å². The molecule has 3 aromatic rings. The van der Waals surface area contributed by atoms with Crippen LogP contribution in [0.25, 0.3) is 0 Å². The van der Waals surface area contributed by atoms with Gasteiger partial charge in [-0.2, -0.15) is 0 Å². The summed E-state index contributed by atoms with van der Waals surface area (Å²) in [5.41, 5.74) is 1.09. The molecule has 1 N–H and O–H groups in total. The fraction of sp³-hybridized carbons (Fsp3) is 0.158. The molecule has 0 aliphatic carbocycles. The zero-order chi connectivity index (χ0) is 21.2. The molecule has 1 aromatic heterocycles. The van der Waals surface area contributed by atoms with Gasteiger partial charge in [-0.1, -0.05) is 35.3 Å². The van der Waals surface area contributed by atoms with Crippen LogP contribution in [0, 0.1) is 0 Å². The Morgan fingerprint density at radius 3 is 2.62 bits per heavy atom. The van der Waals surface area contributed by atoms with E-state index in [1.165, 1.54) is 43.6 Å². The van der Waals surface area contributed by atoms with Crippen molar-refractivity contribution in [2.24, 2.45) is 0 Å². The van der Waals surface area contributed by atoms with Crippen molar-refractivity contribution in [3.05, 3.63) is 74.7 Å². The van der Waals surface area contributed by atoms with Crippen molar-refractivity contribution in [3.8, 4) is 0 Å². The van der Waals surface area contributed by atoms with Crippen LogP contribution in [0.4, 0.5) is 5.13 Å². The Labute approximate surface area is 183 Å². The second-order valence-electron chi connectivity index (χ2n) is 6.32. The highest BCUT2D eigenvalue weighted by molar-refractivity contribution is 7.89. The fourth-order valence-electron chi connectivity index (χ4n) is 2.51. The summed E-state index contributed by atoms with van der Waals surface area (Å²) in [7, 11) is -0.851. The summed E-state index contributed by atoms with van der Waals surface area (Å²) >= 11 is 13.4. The number of thiazole rings is 1. The number of sulfonamides is 1. The zero-order valence-corrected chi connectivity index (χ0v) is 18.7. The number of benzene rings is 2. The first-order valence-electron chi connectivity index (χ1n) is 8.39. The van der Waals surface area contributed by atoms with E-state index < -0.39 is 15.9 Å². The van der Waals surface area contributed by atoms with Crippen LogP contribution >= 0.6 is 34.5 Å².